The van der Waals surface area contributed by atoms with Gasteiger partial charge in [-0.2, -0.15) is 13.2 Å². The second-order valence-corrected chi connectivity index (χ2v) is 4.91. The summed E-state index contributed by atoms with van der Waals surface area (Å²) in [6.07, 6.45) is -2.93. The molecule has 1 N–H and O–H groups in total. The fraction of sp³-hybridized carbons (Fsp3) is 0.667. The third-order valence-electron chi connectivity index (χ3n) is 2.46. The van der Waals surface area contributed by atoms with Crippen LogP contribution in [0.3, 0.4) is 0 Å². The van der Waals surface area contributed by atoms with Gasteiger partial charge >= 0.3 is 12.1 Å². The lowest BCUT2D eigenvalue weighted by molar-refractivity contribution is -0.138. The molecule has 0 aromatic carbocycles. The Morgan fingerprint density at radius 2 is 2.11 bits per heavy atom. The topological polar surface area (TPSA) is 66.3 Å². The molecule has 5 nitrogen and oxygen atoms in total. The van der Waals surface area contributed by atoms with Crippen LogP contribution in [0, 0.1) is 0 Å². The Morgan fingerprint density at radius 1 is 1.44 bits per heavy atom. The summed E-state index contributed by atoms with van der Waals surface area (Å²) in [6.45, 7) is 0.159. The molecule has 0 aliphatic heterocycles. The first-order chi connectivity index (χ1) is 8.38. The van der Waals surface area contributed by atoms with E-state index in [4.69, 9.17) is 5.11 Å². The first-order valence-electron chi connectivity index (χ1n) is 5.27. The average Bonchev–Trinajstić information content (AvgIpc) is 2.93. The summed E-state index contributed by atoms with van der Waals surface area (Å²) < 4.78 is 37.2. The van der Waals surface area contributed by atoms with Crippen molar-refractivity contribution in [2.75, 3.05) is 11.4 Å². The zero-order chi connectivity index (χ0) is 13.3. The normalized spacial score (nSPS) is 15.7. The van der Waals surface area contributed by atoms with E-state index in [1.54, 1.807) is 4.90 Å². The van der Waals surface area contributed by atoms with E-state index in [2.05, 4.69) is 10.2 Å². The van der Waals surface area contributed by atoms with E-state index < -0.39 is 17.2 Å². The standard InChI is InChI=1S/C9H10F3N3O2S/c10-9(11,12)7-13-14-8(18-7)15(5-1-2-5)4-3-6(16)17/h5H,1-4H2,(H,16,17). The van der Waals surface area contributed by atoms with Gasteiger partial charge in [-0.25, -0.2) is 0 Å². The molecule has 2 rings (SSSR count). The number of carboxylic acids is 1. The number of carbonyl (C=O) groups is 1. The number of alkyl halides is 3. The maximum absolute atomic E-state index is 12.4. The highest BCUT2D eigenvalue weighted by molar-refractivity contribution is 7.15. The molecule has 18 heavy (non-hydrogen) atoms. The average molecular weight is 281 g/mol. The van der Waals surface area contributed by atoms with Gasteiger partial charge in [-0.1, -0.05) is 11.3 Å². The molecule has 0 amide bonds. The highest BCUT2D eigenvalue weighted by atomic mass is 32.1. The van der Waals surface area contributed by atoms with Crippen LogP contribution in [0.15, 0.2) is 0 Å². The quantitative estimate of drug-likeness (QED) is 0.894. The summed E-state index contributed by atoms with van der Waals surface area (Å²) in [5, 5.41) is 14.4. The first-order valence-corrected chi connectivity index (χ1v) is 6.08. The van der Waals surface area contributed by atoms with Gasteiger partial charge in [-0.05, 0) is 12.8 Å². The maximum Gasteiger partial charge on any atom is 0.445 e. The van der Waals surface area contributed by atoms with Gasteiger partial charge in [0.05, 0.1) is 6.42 Å². The first kappa shape index (κ1) is 13.1. The van der Waals surface area contributed by atoms with Gasteiger partial charge in [0, 0.05) is 12.6 Å². The minimum Gasteiger partial charge on any atom is -0.481 e. The predicted molar refractivity (Wildman–Crippen MR) is 57.5 cm³/mol. The lowest BCUT2D eigenvalue weighted by Gasteiger charge is -2.19. The van der Waals surface area contributed by atoms with Crippen LogP contribution < -0.4 is 4.90 Å². The van der Waals surface area contributed by atoms with Crippen molar-refractivity contribution in [2.45, 2.75) is 31.5 Å². The van der Waals surface area contributed by atoms with Gasteiger partial charge in [-0.3, -0.25) is 4.79 Å². The van der Waals surface area contributed by atoms with E-state index >= 15 is 0 Å². The maximum atomic E-state index is 12.4. The number of hydrogen-bond donors (Lipinski definition) is 1. The van der Waals surface area contributed by atoms with Crippen molar-refractivity contribution >= 4 is 22.4 Å². The van der Waals surface area contributed by atoms with Gasteiger partial charge in [0.15, 0.2) is 0 Å². The van der Waals surface area contributed by atoms with Crippen molar-refractivity contribution < 1.29 is 23.1 Å². The van der Waals surface area contributed by atoms with Gasteiger partial charge in [-0.15, -0.1) is 10.2 Å². The summed E-state index contributed by atoms with van der Waals surface area (Å²) in [4.78, 5) is 12.1. The van der Waals surface area contributed by atoms with Crippen molar-refractivity contribution in [2.24, 2.45) is 0 Å². The molecule has 9 heteroatoms. The van der Waals surface area contributed by atoms with Crippen LogP contribution in [-0.2, 0) is 11.0 Å². The largest absolute Gasteiger partial charge is 0.481 e. The fourth-order valence-corrected chi connectivity index (χ4v) is 2.29. The smallest absolute Gasteiger partial charge is 0.445 e. The van der Waals surface area contributed by atoms with Gasteiger partial charge < -0.3 is 10.0 Å². The predicted octanol–water partition coefficient (Wildman–Crippen LogP) is 2.00. The minimum absolute atomic E-state index is 0.0957. The van der Waals surface area contributed by atoms with Crippen molar-refractivity contribution in [3.05, 3.63) is 5.01 Å². The van der Waals surface area contributed by atoms with Gasteiger partial charge in [0.1, 0.15) is 0 Å². The zero-order valence-corrected chi connectivity index (χ0v) is 9.96. The fourth-order valence-electron chi connectivity index (χ4n) is 1.48. The Hall–Kier alpha value is -1.38. The molecule has 1 saturated carbocycles. The van der Waals surface area contributed by atoms with Crippen molar-refractivity contribution in [3.63, 3.8) is 0 Å². The number of anilines is 1. The van der Waals surface area contributed by atoms with Crippen LogP contribution in [0.4, 0.5) is 18.3 Å². The molecule has 1 fully saturated rings. The van der Waals surface area contributed by atoms with Crippen LogP contribution in [0.25, 0.3) is 0 Å². The molecule has 0 saturated heterocycles. The van der Waals surface area contributed by atoms with E-state index in [1.165, 1.54) is 0 Å². The number of hydrogen-bond acceptors (Lipinski definition) is 5. The molecule has 0 bridgehead atoms. The Bertz CT molecular complexity index is 445. The zero-order valence-electron chi connectivity index (χ0n) is 9.15. The van der Waals surface area contributed by atoms with Crippen LogP contribution in [0.5, 0.6) is 0 Å². The second-order valence-electron chi connectivity index (χ2n) is 3.96. The monoisotopic (exact) mass is 281 g/mol. The Balaban J connectivity index is 2.10. The molecule has 0 unspecified atom stereocenters. The van der Waals surface area contributed by atoms with Crippen LogP contribution in [0.1, 0.15) is 24.3 Å². The highest BCUT2D eigenvalue weighted by Gasteiger charge is 2.38. The van der Waals surface area contributed by atoms with Crippen molar-refractivity contribution in [1.82, 2.24) is 10.2 Å². The molecule has 1 aliphatic carbocycles. The molecule has 1 aromatic rings. The summed E-state index contributed by atoms with van der Waals surface area (Å²) in [5.41, 5.74) is 0. The number of aromatic nitrogens is 2. The van der Waals surface area contributed by atoms with E-state index in [0.29, 0.717) is 11.3 Å². The third-order valence-corrected chi connectivity index (χ3v) is 3.46. The van der Waals surface area contributed by atoms with Crippen molar-refractivity contribution in [3.8, 4) is 0 Å². The summed E-state index contributed by atoms with van der Waals surface area (Å²) >= 11 is 0.454. The van der Waals surface area contributed by atoms with E-state index in [1.807, 2.05) is 0 Å². The summed E-state index contributed by atoms with van der Waals surface area (Å²) in [6, 6.07) is 0.0957. The second kappa shape index (κ2) is 4.71. The molecule has 0 radical (unpaired) electrons. The number of rotatable bonds is 5. The number of carboxylic acid groups (broad SMARTS) is 1. The van der Waals surface area contributed by atoms with Gasteiger partial charge in [0.25, 0.3) is 0 Å². The third kappa shape index (κ3) is 3.09. The molecule has 0 spiro atoms. The summed E-state index contributed by atoms with van der Waals surface area (Å²) in [5.74, 6) is -0.985. The number of nitrogens with zero attached hydrogens (tertiary/aromatic N) is 3. The lowest BCUT2D eigenvalue weighted by atomic mass is 10.4. The molecule has 0 atom stereocenters. The van der Waals surface area contributed by atoms with E-state index in [9.17, 15) is 18.0 Å². The molecular formula is C9H10F3N3O2S. The molecular weight excluding hydrogens is 271 g/mol. The van der Waals surface area contributed by atoms with Crippen LogP contribution >= 0.6 is 11.3 Å². The number of aliphatic carboxylic acids is 1. The highest BCUT2D eigenvalue weighted by Crippen LogP contribution is 2.38. The molecule has 100 valence electrons. The Morgan fingerprint density at radius 3 is 2.56 bits per heavy atom. The van der Waals surface area contributed by atoms with Crippen LogP contribution in [-0.4, -0.2) is 33.9 Å². The molecule has 1 aliphatic rings. The molecule has 1 aromatic heterocycles. The SMILES string of the molecule is O=C(O)CCN(c1nnc(C(F)(F)F)s1)C1CC1. The van der Waals surface area contributed by atoms with E-state index in [0.717, 1.165) is 12.8 Å². The van der Waals surface area contributed by atoms with Crippen molar-refractivity contribution in [1.29, 1.82) is 0 Å². The molecule has 1 heterocycles. The minimum atomic E-state index is -4.50. The van der Waals surface area contributed by atoms with Crippen LogP contribution in [0.2, 0.25) is 0 Å². The Kier molecular flexibility index (Phi) is 3.42. The summed E-state index contributed by atoms with van der Waals surface area (Å²) in [7, 11) is 0. The van der Waals surface area contributed by atoms with E-state index in [-0.39, 0.29) is 24.1 Å². The number of halogens is 3. The van der Waals surface area contributed by atoms with Gasteiger partial charge in [0.2, 0.25) is 10.1 Å². The lowest BCUT2D eigenvalue weighted by Crippen LogP contribution is -2.28. The Labute approximate surface area is 104 Å².